The van der Waals surface area contributed by atoms with Crippen molar-refractivity contribution in [1.29, 1.82) is 0 Å². The fraction of sp³-hybridized carbons (Fsp3) is 0.214. The summed E-state index contributed by atoms with van der Waals surface area (Å²) in [6.07, 6.45) is 3.47. The Morgan fingerprint density at radius 2 is 1.95 bits per heavy atom. The first kappa shape index (κ1) is 13.8. The third kappa shape index (κ3) is 3.05. The summed E-state index contributed by atoms with van der Waals surface area (Å²) < 4.78 is 11.4. The van der Waals surface area contributed by atoms with Crippen LogP contribution in [-0.4, -0.2) is 19.2 Å². The summed E-state index contributed by atoms with van der Waals surface area (Å²) in [6, 6.07) is 7.24. The van der Waals surface area contributed by atoms with E-state index in [4.69, 9.17) is 15.2 Å². The summed E-state index contributed by atoms with van der Waals surface area (Å²) in [7, 11) is 3.23. The molecule has 1 atom stereocenters. The van der Waals surface area contributed by atoms with Gasteiger partial charge in [0.15, 0.2) is 0 Å². The van der Waals surface area contributed by atoms with Crippen molar-refractivity contribution in [2.75, 3.05) is 14.2 Å². The van der Waals surface area contributed by atoms with E-state index in [1.165, 1.54) is 0 Å². The molecule has 2 N–H and O–H groups in total. The van der Waals surface area contributed by atoms with E-state index in [0.29, 0.717) is 5.75 Å². The minimum absolute atomic E-state index is 0.300. The summed E-state index contributed by atoms with van der Waals surface area (Å²) >= 11 is 3.39. The number of nitrogens with two attached hydrogens (primary N) is 1. The van der Waals surface area contributed by atoms with Crippen LogP contribution in [0.25, 0.3) is 0 Å². The van der Waals surface area contributed by atoms with Gasteiger partial charge in [-0.25, -0.2) is 0 Å². The summed E-state index contributed by atoms with van der Waals surface area (Å²) in [6.45, 7) is 0. The molecular formula is C14H15BrN2O2. The molecule has 19 heavy (non-hydrogen) atoms. The quantitative estimate of drug-likeness (QED) is 0.940. The molecule has 0 aliphatic carbocycles. The zero-order valence-electron chi connectivity index (χ0n) is 10.8. The van der Waals surface area contributed by atoms with Crippen molar-refractivity contribution in [3.8, 4) is 11.5 Å². The first-order chi connectivity index (χ1) is 9.15. The van der Waals surface area contributed by atoms with Gasteiger partial charge < -0.3 is 15.2 Å². The van der Waals surface area contributed by atoms with E-state index in [1.807, 2.05) is 24.3 Å². The van der Waals surface area contributed by atoms with E-state index in [-0.39, 0.29) is 6.04 Å². The van der Waals surface area contributed by atoms with Gasteiger partial charge in [0.2, 0.25) is 0 Å². The Bertz CT molecular complexity index is 575. The average Bonchev–Trinajstić information content (AvgIpc) is 2.45. The van der Waals surface area contributed by atoms with Crippen LogP contribution in [0, 0.1) is 0 Å². The Kier molecular flexibility index (Phi) is 4.39. The first-order valence-electron chi connectivity index (χ1n) is 5.73. The number of hydrogen-bond acceptors (Lipinski definition) is 4. The summed E-state index contributed by atoms with van der Waals surface area (Å²) in [5.74, 6) is 1.44. The molecule has 0 aliphatic heterocycles. The zero-order chi connectivity index (χ0) is 13.8. The van der Waals surface area contributed by atoms with Crippen LogP contribution in [0.4, 0.5) is 0 Å². The number of methoxy groups -OCH3 is 2. The molecule has 4 nitrogen and oxygen atoms in total. The van der Waals surface area contributed by atoms with Gasteiger partial charge in [0.25, 0.3) is 0 Å². The Hall–Kier alpha value is -1.59. The summed E-state index contributed by atoms with van der Waals surface area (Å²) in [5, 5.41) is 0. The van der Waals surface area contributed by atoms with E-state index in [2.05, 4.69) is 20.9 Å². The van der Waals surface area contributed by atoms with E-state index in [0.717, 1.165) is 21.3 Å². The number of aromatic nitrogens is 1. The molecular weight excluding hydrogens is 308 g/mol. The van der Waals surface area contributed by atoms with Gasteiger partial charge in [0, 0.05) is 28.5 Å². The maximum absolute atomic E-state index is 6.27. The molecule has 100 valence electrons. The number of ether oxygens (including phenoxy) is 2. The van der Waals surface area contributed by atoms with Crippen LogP contribution in [0.5, 0.6) is 11.5 Å². The van der Waals surface area contributed by atoms with Gasteiger partial charge in [-0.2, -0.15) is 0 Å². The molecule has 2 aromatic rings. The van der Waals surface area contributed by atoms with Crippen LogP contribution in [0.2, 0.25) is 0 Å². The second-order valence-electron chi connectivity index (χ2n) is 4.02. The molecule has 0 amide bonds. The van der Waals surface area contributed by atoms with Crippen molar-refractivity contribution in [2.24, 2.45) is 5.73 Å². The lowest BCUT2D eigenvalue weighted by molar-refractivity contribution is 0.390. The topological polar surface area (TPSA) is 57.4 Å². The van der Waals surface area contributed by atoms with Crippen molar-refractivity contribution in [1.82, 2.24) is 4.98 Å². The van der Waals surface area contributed by atoms with Crippen LogP contribution in [0.15, 0.2) is 41.1 Å². The molecule has 0 bridgehead atoms. The second-order valence-corrected chi connectivity index (χ2v) is 4.94. The van der Waals surface area contributed by atoms with Gasteiger partial charge in [0.05, 0.1) is 20.3 Å². The molecule has 0 spiro atoms. The van der Waals surface area contributed by atoms with Crippen LogP contribution < -0.4 is 15.2 Å². The van der Waals surface area contributed by atoms with Gasteiger partial charge in [0.1, 0.15) is 11.5 Å². The molecule has 1 unspecified atom stereocenters. The smallest absolute Gasteiger partial charge is 0.127 e. The number of pyridine rings is 1. The van der Waals surface area contributed by atoms with Crippen molar-refractivity contribution in [2.45, 2.75) is 6.04 Å². The third-order valence-electron chi connectivity index (χ3n) is 2.86. The van der Waals surface area contributed by atoms with Crippen molar-refractivity contribution in [3.05, 3.63) is 52.3 Å². The molecule has 0 fully saturated rings. The van der Waals surface area contributed by atoms with Gasteiger partial charge in [-0.15, -0.1) is 0 Å². The maximum Gasteiger partial charge on any atom is 0.127 e. The molecule has 0 radical (unpaired) electrons. The lowest BCUT2D eigenvalue weighted by Crippen LogP contribution is -2.13. The largest absolute Gasteiger partial charge is 0.497 e. The number of hydrogen-bond donors (Lipinski definition) is 1. The zero-order valence-corrected chi connectivity index (χ0v) is 12.3. The Morgan fingerprint density at radius 3 is 2.58 bits per heavy atom. The molecule has 0 saturated heterocycles. The summed E-state index contributed by atoms with van der Waals surface area (Å²) in [4.78, 5) is 4.13. The van der Waals surface area contributed by atoms with Crippen LogP contribution in [-0.2, 0) is 0 Å². The van der Waals surface area contributed by atoms with Crippen molar-refractivity contribution >= 4 is 15.9 Å². The maximum atomic E-state index is 6.27. The molecule has 0 aliphatic rings. The molecule has 1 aromatic carbocycles. The Labute approximate surface area is 120 Å². The molecule has 0 saturated carbocycles. The average molecular weight is 323 g/mol. The lowest BCUT2D eigenvalue weighted by atomic mass is 10.00. The standard InChI is InChI=1S/C14H15BrN2O2/c1-18-11-3-4-12(13(6-11)19-2)14(16)9-5-10(15)8-17-7-9/h3-8,14H,16H2,1-2H3. The fourth-order valence-electron chi connectivity index (χ4n) is 1.85. The first-order valence-corrected chi connectivity index (χ1v) is 6.53. The van der Waals surface area contributed by atoms with E-state index >= 15 is 0 Å². The van der Waals surface area contributed by atoms with Crippen LogP contribution in [0.1, 0.15) is 17.2 Å². The molecule has 5 heteroatoms. The SMILES string of the molecule is COc1ccc(C(N)c2cncc(Br)c2)c(OC)c1. The molecule has 1 aromatic heterocycles. The molecule has 2 rings (SSSR count). The highest BCUT2D eigenvalue weighted by atomic mass is 79.9. The van der Waals surface area contributed by atoms with E-state index < -0.39 is 0 Å². The number of halogens is 1. The van der Waals surface area contributed by atoms with Gasteiger partial charge >= 0.3 is 0 Å². The number of benzene rings is 1. The highest BCUT2D eigenvalue weighted by molar-refractivity contribution is 9.10. The lowest BCUT2D eigenvalue weighted by Gasteiger charge is -2.16. The summed E-state index contributed by atoms with van der Waals surface area (Å²) in [5.41, 5.74) is 8.08. The van der Waals surface area contributed by atoms with Crippen LogP contribution in [0.3, 0.4) is 0 Å². The predicted molar refractivity (Wildman–Crippen MR) is 77.5 cm³/mol. The fourth-order valence-corrected chi connectivity index (χ4v) is 2.24. The predicted octanol–water partition coefficient (Wildman–Crippen LogP) is 2.91. The highest BCUT2D eigenvalue weighted by Gasteiger charge is 2.15. The van der Waals surface area contributed by atoms with Gasteiger partial charge in [-0.05, 0) is 39.7 Å². The minimum Gasteiger partial charge on any atom is -0.497 e. The van der Waals surface area contributed by atoms with Crippen molar-refractivity contribution in [3.63, 3.8) is 0 Å². The minimum atomic E-state index is -0.300. The Morgan fingerprint density at radius 1 is 1.16 bits per heavy atom. The van der Waals surface area contributed by atoms with E-state index in [1.54, 1.807) is 26.6 Å². The number of rotatable bonds is 4. The second kappa shape index (κ2) is 6.04. The number of nitrogens with zero attached hydrogens (tertiary/aromatic N) is 1. The van der Waals surface area contributed by atoms with Crippen LogP contribution >= 0.6 is 15.9 Å². The van der Waals surface area contributed by atoms with Gasteiger partial charge in [-0.3, -0.25) is 4.98 Å². The van der Waals surface area contributed by atoms with E-state index in [9.17, 15) is 0 Å². The normalized spacial score (nSPS) is 12.0. The van der Waals surface area contributed by atoms with Gasteiger partial charge in [-0.1, -0.05) is 0 Å². The van der Waals surface area contributed by atoms with Crippen molar-refractivity contribution < 1.29 is 9.47 Å². The third-order valence-corrected chi connectivity index (χ3v) is 3.29. The monoisotopic (exact) mass is 322 g/mol. The highest BCUT2D eigenvalue weighted by Crippen LogP contribution is 2.31. The molecule has 1 heterocycles. The Balaban J connectivity index is 2.40.